The average molecular weight is 290 g/mol. The van der Waals surface area contributed by atoms with Crippen LogP contribution in [0, 0.1) is 0 Å². The summed E-state index contributed by atoms with van der Waals surface area (Å²) in [6, 6.07) is 8.88. The van der Waals surface area contributed by atoms with Crippen molar-refractivity contribution >= 4 is 5.97 Å². The Bertz CT molecular complexity index is 679. The molecule has 0 spiro atoms. The van der Waals surface area contributed by atoms with Crippen LogP contribution < -0.4 is 15.0 Å². The van der Waals surface area contributed by atoms with Gasteiger partial charge in [0.1, 0.15) is 12.4 Å². The van der Waals surface area contributed by atoms with E-state index in [1.54, 1.807) is 12.1 Å². The number of carbonyl (C=O) groups is 1. The Morgan fingerprint density at radius 2 is 1.95 bits per heavy atom. The number of nitrogens with zero attached hydrogens (tertiary/aromatic N) is 2. The summed E-state index contributed by atoms with van der Waals surface area (Å²) in [4.78, 5) is 22.3. The molecule has 1 heterocycles. The molecule has 1 aromatic heterocycles. The first kappa shape index (κ1) is 14.6. The van der Waals surface area contributed by atoms with E-state index in [0.29, 0.717) is 11.6 Å². The number of ether oxygens (including phenoxy) is 2. The molecule has 0 unspecified atom stereocenters. The summed E-state index contributed by atoms with van der Waals surface area (Å²) in [6.45, 7) is 0.489. The lowest BCUT2D eigenvalue weighted by Gasteiger charge is -2.08. The van der Waals surface area contributed by atoms with E-state index in [-0.39, 0.29) is 24.3 Å². The van der Waals surface area contributed by atoms with Gasteiger partial charge in [0.2, 0.25) is 5.88 Å². The van der Waals surface area contributed by atoms with Crippen LogP contribution in [-0.4, -0.2) is 34.6 Å². The van der Waals surface area contributed by atoms with Crippen molar-refractivity contribution in [2.24, 2.45) is 0 Å². The van der Waals surface area contributed by atoms with Crippen LogP contribution in [0.5, 0.6) is 11.6 Å². The fraction of sp³-hybridized carbons (Fsp3) is 0.214. The second-order valence-electron chi connectivity index (χ2n) is 4.12. The fourth-order valence-corrected chi connectivity index (χ4v) is 1.64. The smallest absolute Gasteiger partial charge is 0.335 e. The molecule has 0 aliphatic carbocycles. The zero-order chi connectivity index (χ0) is 15.2. The summed E-state index contributed by atoms with van der Waals surface area (Å²) in [7, 11) is 1.47. The van der Waals surface area contributed by atoms with Gasteiger partial charge in [-0.3, -0.25) is 4.79 Å². The minimum Gasteiger partial charge on any atom is -0.492 e. The van der Waals surface area contributed by atoms with Crippen LogP contribution in [0.15, 0.2) is 41.2 Å². The summed E-state index contributed by atoms with van der Waals surface area (Å²) in [5, 5.41) is 12.8. The minimum atomic E-state index is -0.992. The molecule has 0 atom stereocenters. The molecule has 110 valence electrons. The normalized spacial score (nSPS) is 10.1. The van der Waals surface area contributed by atoms with Crippen molar-refractivity contribution in [3.8, 4) is 11.6 Å². The SMILES string of the molecule is COc1ccc(=O)n(CCOc2ccc(C(=O)O)cc2)n1. The Kier molecular flexibility index (Phi) is 4.55. The van der Waals surface area contributed by atoms with E-state index in [9.17, 15) is 9.59 Å². The highest BCUT2D eigenvalue weighted by molar-refractivity contribution is 5.87. The van der Waals surface area contributed by atoms with Gasteiger partial charge in [0.25, 0.3) is 5.56 Å². The second-order valence-corrected chi connectivity index (χ2v) is 4.12. The molecular formula is C14H14N2O5. The van der Waals surface area contributed by atoms with Crippen LogP contribution in [0.1, 0.15) is 10.4 Å². The first-order valence-corrected chi connectivity index (χ1v) is 6.18. The lowest BCUT2D eigenvalue weighted by molar-refractivity contribution is 0.0697. The summed E-state index contributed by atoms with van der Waals surface area (Å²) in [5.74, 6) is -0.120. The molecule has 0 saturated carbocycles. The van der Waals surface area contributed by atoms with Gasteiger partial charge < -0.3 is 14.6 Å². The highest BCUT2D eigenvalue weighted by Gasteiger charge is 2.03. The van der Waals surface area contributed by atoms with Gasteiger partial charge in [-0.1, -0.05) is 0 Å². The topological polar surface area (TPSA) is 90.7 Å². The molecule has 0 saturated heterocycles. The van der Waals surface area contributed by atoms with Crippen LogP contribution in [0.4, 0.5) is 0 Å². The number of rotatable bonds is 6. The minimum absolute atomic E-state index is 0.188. The van der Waals surface area contributed by atoms with Gasteiger partial charge in [-0.25, -0.2) is 9.48 Å². The molecule has 0 radical (unpaired) electrons. The van der Waals surface area contributed by atoms with E-state index in [0.717, 1.165) is 0 Å². The zero-order valence-corrected chi connectivity index (χ0v) is 11.4. The third-order valence-electron chi connectivity index (χ3n) is 2.72. The maximum absolute atomic E-state index is 11.6. The van der Waals surface area contributed by atoms with Crippen molar-refractivity contribution in [2.75, 3.05) is 13.7 Å². The average Bonchev–Trinajstić information content (AvgIpc) is 2.49. The Hall–Kier alpha value is -2.83. The number of hydrogen-bond donors (Lipinski definition) is 1. The largest absolute Gasteiger partial charge is 0.492 e. The maximum Gasteiger partial charge on any atom is 0.335 e. The Labute approximate surface area is 120 Å². The molecule has 0 aliphatic heterocycles. The molecule has 1 N–H and O–H groups in total. The number of methoxy groups -OCH3 is 1. The lowest BCUT2D eigenvalue weighted by atomic mass is 10.2. The van der Waals surface area contributed by atoms with Crippen molar-refractivity contribution in [3.05, 3.63) is 52.3 Å². The van der Waals surface area contributed by atoms with Crippen LogP contribution in [0.3, 0.4) is 0 Å². The van der Waals surface area contributed by atoms with E-state index >= 15 is 0 Å². The van der Waals surface area contributed by atoms with Crippen molar-refractivity contribution in [1.29, 1.82) is 0 Å². The molecule has 0 fully saturated rings. The molecule has 1 aromatic carbocycles. The molecule has 7 nitrogen and oxygen atoms in total. The van der Waals surface area contributed by atoms with Crippen LogP contribution in [0.2, 0.25) is 0 Å². The van der Waals surface area contributed by atoms with Crippen molar-refractivity contribution in [3.63, 3.8) is 0 Å². The van der Waals surface area contributed by atoms with Crippen LogP contribution in [-0.2, 0) is 6.54 Å². The molecule has 2 aromatic rings. The second kappa shape index (κ2) is 6.56. The quantitative estimate of drug-likeness (QED) is 0.854. The van der Waals surface area contributed by atoms with Crippen LogP contribution >= 0.6 is 0 Å². The first-order chi connectivity index (χ1) is 10.1. The molecule has 0 aliphatic rings. The van der Waals surface area contributed by atoms with Gasteiger partial charge in [0.15, 0.2) is 0 Å². The maximum atomic E-state index is 11.6. The standard InChI is InChI=1S/C14H14N2O5/c1-20-12-6-7-13(17)16(15-12)8-9-21-11-4-2-10(3-5-11)14(18)19/h2-7H,8-9H2,1H3,(H,18,19). The molecule has 2 rings (SSSR count). The Morgan fingerprint density at radius 3 is 2.57 bits per heavy atom. The summed E-state index contributed by atoms with van der Waals surface area (Å²) >= 11 is 0. The molecule has 7 heteroatoms. The highest BCUT2D eigenvalue weighted by atomic mass is 16.5. The van der Waals surface area contributed by atoms with Crippen molar-refractivity contribution < 1.29 is 19.4 Å². The van der Waals surface area contributed by atoms with Gasteiger partial charge >= 0.3 is 5.97 Å². The highest BCUT2D eigenvalue weighted by Crippen LogP contribution is 2.12. The van der Waals surface area contributed by atoms with Crippen molar-refractivity contribution in [2.45, 2.75) is 6.54 Å². The third kappa shape index (κ3) is 3.82. The monoisotopic (exact) mass is 290 g/mol. The van der Waals surface area contributed by atoms with E-state index in [2.05, 4.69) is 5.10 Å². The molecule has 0 amide bonds. The van der Waals surface area contributed by atoms with E-state index in [1.807, 2.05) is 0 Å². The van der Waals surface area contributed by atoms with E-state index < -0.39 is 5.97 Å². The lowest BCUT2D eigenvalue weighted by Crippen LogP contribution is -2.25. The Morgan fingerprint density at radius 1 is 1.24 bits per heavy atom. The number of carboxylic acids is 1. The number of aromatic nitrogens is 2. The van der Waals surface area contributed by atoms with Crippen molar-refractivity contribution in [1.82, 2.24) is 9.78 Å². The number of carboxylic acid groups (broad SMARTS) is 1. The van der Waals surface area contributed by atoms with Crippen LogP contribution in [0.25, 0.3) is 0 Å². The number of hydrogen-bond acceptors (Lipinski definition) is 5. The molecule has 21 heavy (non-hydrogen) atoms. The van der Waals surface area contributed by atoms with Gasteiger partial charge in [-0.2, -0.15) is 0 Å². The zero-order valence-electron chi connectivity index (χ0n) is 11.4. The summed E-state index contributed by atoms with van der Waals surface area (Å²) in [6.07, 6.45) is 0. The van der Waals surface area contributed by atoms with Gasteiger partial charge in [0, 0.05) is 12.1 Å². The van der Waals surface area contributed by atoms with Gasteiger partial charge in [-0.15, -0.1) is 5.10 Å². The first-order valence-electron chi connectivity index (χ1n) is 6.18. The van der Waals surface area contributed by atoms with Gasteiger partial charge in [0.05, 0.1) is 19.2 Å². The number of aromatic carboxylic acids is 1. The van der Waals surface area contributed by atoms with Gasteiger partial charge in [-0.05, 0) is 24.3 Å². The van der Waals surface area contributed by atoms with E-state index in [4.69, 9.17) is 14.6 Å². The Balaban J connectivity index is 1.95. The predicted molar refractivity (Wildman–Crippen MR) is 73.9 cm³/mol. The molecular weight excluding hydrogens is 276 g/mol. The fourth-order valence-electron chi connectivity index (χ4n) is 1.64. The van der Waals surface area contributed by atoms with E-state index in [1.165, 1.54) is 36.1 Å². The third-order valence-corrected chi connectivity index (χ3v) is 2.72. The summed E-state index contributed by atoms with van der Waals surface area (Å²) in [5.41, 5.74) is -0.0614. The predicted octanol–water partition coefficient (Wildman–Crippen LogP) is 1.03. The number of benzene rings is 1. The molecule has 0 bridgehead atoms. The summed E-state index contributed by atoms with van der Waals surface area (Å²) < 4.78 is 11.6.